The average Bonchev–Trinajstić information content (AvgIpc) is 3.10. The van der Waals surface area contributed by atoms with E-state index in [2.05, 4.69) is 38.4 Å². The summed E-state index contributed by atoms with van der Waals surface area (Å²) in [5, 5.41) is 1.10. The molecule has 3 heterocycles. The van der Waals surface area contributed by atoms with E-state index in [9.17, 15) is 0 Å². The fraction of sp³-hybridized carbons (Fsp3) is 0.400. The number of hydrogen-bond acceptors (Lipinski definition) is 4. The number of nitrogens with zero attached hydrogens (tertiary/aromatic N) is 4. The highest BCUT2D eigenvalue weighted by atomic mass is 32.1. The summed E-state index contributed by atoms with van der Waals surface area (Å²) < 4.78 is 2.14. The van der Waals surface area contributed by atoms with Crippen molar-refractivity contribution in [3.8, 4) is 11.5 Å². The van der Waals surface area contributed by atoms with Crippen LogP contribution in [0.1, 0.15) is 34.0 Å². The second-order valence-electron chi connectivity index (χ2n) is 5.13. The summed E-state index contributed by atoms with van der Waals surface area (Å²) in [7, 11) is 0. The Morgan fingerprint density at radius 2 is 2.05 bits per heavy atom. The summed E-state index contributed by atoms with van der Waals surface area (Å²) in [5.41, 5.74) is 3.11. The number of imidazole rings is 2. The molecule has 21 heavy (non-hydrogen) atoms. The zero-order valence-electron chi connectivity index (χ0n) is 12.8. The van der Waals surface area contributed by atoms with Crippen LogP contribution in [0.25, 0.3) is 11.5 Å². The zero-order chi connectivity index (χ0) is 15.0. The van der Waals surface area contributed by atoms with Crippen molar-refractivity contribution in [2.24, 2.45) is 0 Å². The number of thiazole rings is 1. The number of aryl methyl sites for hydroxylation is 4. The van der Waals surface area contributed by atoms with Gasteiger partial charge in [0.05, 0.1) is 17.2 Å². The Balaban J connectivity index is 1.97. The summed E-state index contributed by atoms with van der Waals surface area (Å²) in [6.07, 6.45) is 4.73. The van der Waals surface area contributed by atoms with E-state index in [1.54, 1.807) is 11.3 Å². The van der Waals surface area contributed by atoms with Crippen molar-refractivity contribution < 1.29 is 0 Å². The number of aromatic nitrogens is 5. The van der Waals surface area contributed by atoms with Gasteiger partial charge in [-0.15, -0.1) is 11.3 Å². The SMILES string of the molecule is CCc1nc(-c2nccn2Cc2sc(C)nc2C)c(C)[nH]1. The molecule has 5 nitrogen and oxygen atoms in total. The quantitative estimate of drug-likeness (QED) is 0.804. The van der Waals surface area contributed by atoms with E-state index in [1.807, 2.05) is 26.2 Å². The van der Waals surface area contributed by atoms with Gasteiger partial charge < -0.3 is 9.55 Å². The van der Waals surface area contributed by atoms with Crippen LogP contribution in [0.2, 0.25) is 0 Å². The summed E-state index contributed by atoms with van der Waals surface area (Å²) in [6.45, 7) is 9.03. The van der Waals surface area contributed by atoms with Crippen molar-refractivity contribution in [3.05, 3.63) is 39.5 Å². The average molecular weight is 301 g/mol. The molecule has 3 aromatic heterocycles. The molecule has 1 N–H and O–H groups in total. The molecule has 6 heteroatoms. The Morgan fingerprint density at radius 1 is 1.24 bits per heavy atom. The molecule has 0 saturated heterocycles. The van der Waals surface area contributed by atoms with E-state index in [0.29, 0.717) is 0 Å². The minimum atomic E-state index is 0.792. The minimum Gasteiger partial charge on any atom is -0.345 e. The molecule has 0 radical (unpaired) electrons. The Bertz CT molecular complexity index is 765. The van der Waals surface area contributed by atoms with E-state index in [4.69, 9.17) is 0 Å². The number of nitrogens with one attached hydrogen (secondary N) is 1. The molecule has 0 unspecified atom stereocenters. The van der Waals surface area contributed by atoms with Crippen LogP contribution in [0.15, 0.2) is 12.4 Å². The van der Waals surface area contributed by atoms with E-state index in [1.165, 1.54) is 4.88 Å². The molecule has 0 spiro atoms. The number of aromatic amines is 1. The van der Waals surface area contributed by atoms with Crippen LogP contribution >= 0.6 is 11.3 Å². The summed E-state index contributed by atoms with van der Waals surface area (Å²) >= 11 is 1.74. The van der Waals surface area contributed by atoms with Gasteiger partial charge in [-0.2, -0.15) is 0 Å². The highest BCUT2D eigenvalue weighted by Gasteiger charge is 2.15. The van der Waals surface area contributed by atoms with Gasteiger partial charge in [0.25, 0.3) is 0 Å². The Hall–Kier alpha value is -1.95. The van der Waals surface area contributed by atoms with Crippen molar-refractivity contribution in [3.63, 3.8) is 0 Å². The normalized spacial score (nSPS) is 11.2. The molecule has 0 fully saturated rings. The lowest BCUT2D eigenvalue weighted by Crippen LogP contribution is -2.02. The maximum Gasteiger partial charge on any atom is 0.160 e. The lowest BCUT2D eigenvalue weighted by molar-refractivity contribution is 0.807. The van der Waals surface area contributed by atoms with Gasteiger partial charge in [0.15, 0.2) is 5.82 Å². The van der Waals surface area contributed by atoms with Crippen molar-refractivity contribution in [1.82, 2.24) is 24.5 Å². The highest BCUT2D eigenvalue weighted by molar-refractivity contribution is 7.11. The summed E-state index contributed by atoms with van der Waals surface area (Å²) in [4.78, 5) is 18.2. The fourth-order valence-electron chi connectivity index (χ4n) is 2.44. The van der Waals surface area contributed by atoms with E-state index < -0.39 is 0 Å². The van der Waals surface area contributed by atoms with Gasteiger partial charge >= 0.3 is 0 Å². The molecule has 0 aromatic carbocycles. The van der Waals surface area contributed by atoms with E-state index in [-0.39, 0.29) is 0 Å². The fourth-order valence-corrected chi connectivity index (χ4v) is 3.37. The van der Waals surface area contributed by atoms with Crippen LogP contribution in [0.5, 0.6) is 0 Å². The molecule has 0 amide bonds. The van der Waals surface area contributed by atoms with Crippen LogP contribution in [-0.2, 0) is 13.0 Å². The van der Waals surface area contributed by atoms with Crippen LogP contribution in [0.4, 0.5) is 0 Å². The summed E-state index contributed by atoms with van der Waals surface area (Å²) in [6, 6.07) is 0. The predicted octanol–water partition coefficient (Wildman–Crippen LogP) is 3.27. The summed E-state index contributed by atoms with van der Waals surface area (Å²) in [5.74, 6) is 1.91. The van der Waals surface area contributed by atoms with Crippen LogP contribution in [0, 0.1) is 20.8 Å². The largest absolute Gasteiger partial charge is 0.345 e. The molecule has 0 atom stereocenters. The molecule has 3 aromatic rings. The predicted molar refractivity (Wildman–Crippen MR) is 84.6 cm³/mol. The molecular weight excluding hydrogens is 282 g/mol. The zero-order valence-corrected chi connectivity index (χ0v) is 13.6. The lowest BCUT2D eigenvalue weighted by Gasteiger charge is -2.05. The van der Waals surface area contributed by atoms with Crippen molar-refractivity contribution in [2.45, 2.75) is 40.7 Å². The lowest BCUT2D eigenvalue weighted by atomic mass is 10.3. The molecule has 0 aliphatic heterocycles. The first-order valence-corrected chi connectivity index (χ1v) is 7.90. The van der Waals surface area contributed by atoms with Gasteiger partial charge in [-0.3, -0.25) is 0 Å². The molecule has 0 aliphatic rings. The number of hydrogen-bond donors (Lipinski definition) is 1. The van der Waals surface area contributed by atoms with Crippen LogP contribution in [0.3, 0.4) is 0 Å². The second-order valence-corrected chi connectivity index (χ2v) is 6.42. The topological polar surface area (TPSA) is 59.4 Å². The smallest absolute Gasteiger partial charge is 0.160 e. The van der Waals surface area contributed by atoms with Crippen molar-refractivity contribution in [1.29, 1.82) is 0 Å². The molecular formula is C15H19N5S. The minimum absolute atomic E-state index is 0.792. The van der Waals surface area contributed by atoms with Gasteiger partial charge in [-0.25, -0.2) is 15.0 Å². The Labute approximate surface area is 128 Å². The van der Waals surface area contributed by atoms with E-state index in [0.717, 1.165) is 46.7 Å². The molecule has 0 saturated carbocycles. The van der Waals surface area contributed by atoms with E-state index >= 15 is 0 Å². The maximum absolute atomic E-state index is 4.65. The Morgan fingerprint density at radius 3 is 2.67 bits per heavy atom. The first-order chi connectivity index (χ1) is 10.1. The molecule has 110 valence electrons. The van der Waals surface area contributed by atoms with Crippen molar-refractivity contribution >= 4 is 11.3 Å². The van der Waals surface area contributed by atoms with Crippen LogP contribution in [-0.4, -0.2) is 24.5 Å². The van der Waals surface area contributed by atoms with Crippen LogP contribution < -0.4 is 0 Å². The number of H-pyrrole nitrogens is 1. The highest BCUT2D eigenvalue weighted by Crippen LogP contribution is 2.23. The third-order valence-corrected chi connectivity index (χ3v) is 4.57. The van der Waals surface area contributed by atoms with Gasteiger partial charge in [-0.05, 0) is 20.8 Å². The monoisotopic (exact) mass is 301 g/mol. The van der Waals surface area contributed by atoms with Crippen molar-refractivity contribution in [2.75, 3.05) is 0 Å². The van der Waals surface area contributed by atoms with Gasteiger partial charge in [-0.1, -0.05) is 6.92 Å². The molecule has 0 aliphatic carbocycles. The first kappa shape index (κ1) is 14.0. The standard InChI is InChI=1S/C15H19N5S/c1-5-13-18-10(3)14(19-13)15-16-6-7-20(15)8-12-9(2)17-11(4)21-12/h6-7H,5,8H2,1-4H3,(H,18,19). The first-order valence-electron chi connectivity index (χ1n) is 7.08. The third kappa shape index (κ3) is 2.63. The number of rotatable bonds is 4. The molecule has 0 bridgehead atoms. The third-order valence-electron chi connectivity index (χ3n) is 3.51. The van der Waals surface area contributed by atoms with Gasteiger partial charge in [0.1, 0.15) is 11.5 Å². The second kappa shape index (κ2) is 5.44. The Kier molecular flexibility index (Phi) is 3.63. The molecule has 3 rings (SSSR count). The van der Waals surface area contributed by atoms with Gasteiger partial charge in [0, 0.05) is 29.4 Å². The maximum atomic E-state index is 4.65. The van der Waals surface area contributed by atoms with Gasteiger partial charge in [0.2, 0.25) is 0 Å².